The average molecular weight is 516 g/mol. The van der Waals surface area contributed by atoms with Gasteiger partial charge in [0.1, 0.15) is 6.07 Å². The molecule has 1 heterocycles. The highest BCUT2D eigenvalue weighted by atomic mass is 16.5. The van der Waals surface area contributed by atoms with Gasteiger partial charge >= 0.3 is 0 Å². The third-order valence-electron chi connectivity index (χ3n) is 12.5. The smallest absolute Gasteiger partial charge is 0.233 e. The molecule has 8 unspecified atom stereocenters. The Hall–Kier alpha value is -2.55. The lowest BCUT2D eigenvalue weighted by molar-refractivity contribution is -0.159. The molecule has 38 heavy (non-hydrogen) atoms. The molecule has 202 valence electrons. The van der Waals surface area contributed by atoms with Crippen molar-refractivity contribution in [3.05, 3.63) is 35.0 Å². The molecule has 0 amide bonds. The van der Waals surface area contributed by atoms with Crippen molar-refractivity contribution in [3.8, 4) is 6.07 Å². The SMILES string of the molecule is Cc1noc(C23CCC(C)(C)CC2C2C(=O)C=C4C5(C)C=C(C#N)C(=O)C(C)C5CCC4(C)C2(C)CC3)n1. The number of allylic oxidation sites excluding steroid dienone is 4. The lowest BCUT2D eigenvalue weighted by atomic mass is 9.35. The van der Waals surface area contributed by atoms with Gasteiger partial charge in [-0.1, -0.05) is 58.3 Å². The van der Waals surface area contributed by atoms with Crippen molar-refractivity contribution in [2.45, 2.75) is 98.8 Å². The summed E-state index contributed by atoms with van der Waals surface area (Å²) in [4.78, 5) is 32.2. The van der Waals surface area contributed by atoms with Gasteiger partial charge in [0.05, 0.1) is 11.0 Å². The topological polar surface area (TPSA) is 96.9 Å². The van der Waals surface area contributed by atoms with Gasteiger partial charge in [0, 0.05) is 17.3 Å². The first-order valence-electron chi connectivity index (χ1n) is 14.5. The van der Waals surface area contributed by atoms with E-state index in [1.807, 2.05) is 26.0 Å². The highest BCUT2D eigenvalue weighted by molar-refractivity contribution is 6.02. The zero-order chi connectivity index (χ0) is 27.5. The molecule has 0 aromatic carbocycles. The van der Waals surface area contributed by atoms with E-state index in [2.05, 4.69) is 45.8 Å². The lowest BCUT2D eigenvalue weighted by Gasteiger charge is -2.68. The largest absolute Gasteiger partial charge is 0.339 e. The van der Waals surface area contributed by atoms with Gasteiger partial charge in [-0.3, -0.25) is 9.59 Å². The first-order valence-corrected chi connectivity index (χ1v) is 14.5. The minimum atomic E-state index is -0.473. The highest BCUT2D eigenvalue weighted by Crippen LogP contribution is 2.73. The fourth-order valence-electron chi connectivity index (χ4n) is 10.1. The van der Waals surface area contributed by atoms with Gasteiger partial charge in [0.2, 0.25) is 5.89 Å². The van der Waals surface area contributed by atoms with Crippen LogP contribution in [-0.2, 0) is 15.0 Å². The Kier molecular flexibility index (Phi) is 5.26. The monoisotopic (exact) mass is 515 g/mol. The fourth-order valence-corrected chi connectivity index (χ4v) is 10.1. The second-order valence-corrected chi connectivity index (χ2v) is 14.7. The zero-order valence-corrected chi connectivity index (χ0v) is 24.0. The average Bonchev–Trinajstić information content (AvgIpc) is 3.29. The number of hydrogen-bond acceptors (Lipinski definition) is 6. The molecular weight excluding hydrogens is 474 g/mol. The molecule has 3 fully saturated rings. The van der Waals surface area contributed by atoms with Gasteiger partial charge in [0.25, 0.3) is 0 Å². The summed E-state index contributed by atoms with van der Waals surface area (Å²) in [5.74, 6) is 1.44. The summed E-state index contributed by atoms with van der Waals surface area (Å²) in [6, 6.07) is 2.17. The van der Waals surface area contributed by atoms with E-state index in [0.717, 1.165) is 56.4 Å². The van der Waals surface area contributed by atoms with Crippen LogP contribution in [0.25, 0.3) is 0 Å². The van der Waals surface area contributed by atoms with E-state index in [1.165, 1.54) is 0 Å². The van der Waals surface area contributed by atoms with Crippen LogP contribution >= 0.6 is 0 Å². The van der Waals surface area contributed by atoms with Crippen molar-refractivity contribution in [1.82, 2.24) is 10.1 Å². The van der Waals surface area contributed by atoms with Crippen LogP contribution < -0.4 is 0 Å². The molecule has 8 atom stereocenters. The Balaban J connectivity index is 1.53. The van der Waals surface area contributed by atoms with Gasteiger partial charge < -0.3 is 4.52 Å². The second kappa shape index (κ2) is 7.77. The number of nitrogens with zero attached hydrogens (tertiary/aromatic N) is 3. The number of hydrogen-bond donors (Lipinski definition) is 0. The molecular formula is C32H41N3O3. The summed E-state index contributed by atoms with van der Waals surface area (Å²) in [7, 11) is 0. The summed E-state index contributed by atoms with van der Waals surface area (Å²) in [5.41, 5.74) is 0.368. The van der Waals surface area contributed by atoms with E-state index in [9.17, 15) is 14.9 Å². The van der Waals surface area contributed by atoms with E-state index < -0.39 is 5.41 Å². The van der Waals surface area contributed by atoms with Crippen molar-refractivity contribution in [2.24, 2.45) is 45.3 Å². The Morgan fingerprint density at radius 1 is 1.03 bits per heavy atom. The lowest BCUT2D eigenvalue weighted by Crippen LogP contribution is -2.65. The normalized spacial score (nSPS) is 45.5. The number of fused-ring (bicyclic) bond motifs is 7. The number of ketones is 2. The predicted octanol–water partition coefficient (Wildman–Crippen LogP) is 6.46. The second-order valence-electron chi connectivity index (χ2n) is 14.7. The van der Waals surface area contributed by atoms with Crippen LogP contribution in [0.15, 0.2) is 27.8 Å². The Morgan fingerprint density at radius 2 is 1.74 bits per heavy atom. The maximum atomic E-state index is 14.5. The van der Waals surface area contributed by atoms with Gasteiger partial charge in [-0.2, -0.15) is 10.2 Å². The fraction of sp³-hybridized carbons (Fsp3) is 0.719. The van der Waals surface area contributed by atoms with E-state index in [0.29, 0.717) is 5.82 Å². The summed E-state index contributed by atoms with van der Waals surface area (Å²) >= 11 is 0. The number of aromatic nitrogens is 2. The van der Waals surface area contributed by atoms with E-state index in [1.54, 1.807) is 0 Å². The van der Waals surface area contributed by atoms with Crippen molar-refractivity contribution < 1.29 is 14.1 Å². The molecule has 5 aliphatic carbocycles. The standard InChI is InChI=1S/C32H41N3O3/c1-18-21-8-9-30(6)24(29(21,5)15-20(17-33)26(18)37)14-23(36)25-22-16-28(3,4)10-12-32(22,13-11-31(25,30)7)27-34-19(2)35-38-27/h14-15,18,21-22,25H,8-13,16H2,1-7H3. The highest BCUT2D eigenvalue weighted by Gasteiger charge is 2.70. The van der Waals surface area contributed by atoms with Gasteiger partial charge in [0.15, 0.2) is 17.4 Å². The van der Waals surface area contributed by atoms with Crippen LogP contribution in [0, 0.1) is 63.6 Å². The Morgan fingerprint density at radius 3 is 2.39 bits per heavy atom. The van der Waals surface area contributed by atoms with Gasteiger partial charge in [-0.25, -0.2) is 0 Å². The van der Waals surface area contributed by atoms with Crippen molar-refractivity contribution in [3.63, 3.8) is 0 Å². The predicted molar refractivity (Wildman–Crippen MR) is 143 cm³/mol. The molecule has 0 N–H and O–H groups in total. The number of nitriles is 1. The Labute approximate surface area is 226 Å². The number of carbonyl (C=O) groups is 2. The van der Waals surface area contributed by atoms with Crippen molar-refractivity contribution >= 4 is 11.6 Å². The van der Waals surface area contributed by atoms with Crippen LogP contribution in [0.3, 0.4) is 0 Å². The van der Waals surface area contributed by atoms with Crippen LogP contribution in [-0.4, -0.2) is 21.7 Å². The Bertz CT molecular complexity index is 1350. The summed E-state index contributed by atoms with van der Waals surface area (Å²) in [5, 5.41) is 14.0. The molecule has 0 saturated heterocycles. The summed E-state index contributed by atoms with van der Waals surface area (Å²) < 4.78 is 5.89. The summed E-state index contributed by atoms with van der Waals surface area (Å²) in [6.07, 6.45) is 10.6. The minimum absolute atomic E-state index is 0.0489. The molecule has 3 saturated carbocycles. The van der Waals surface area contributed by atoms with E-state index >= 15 is 0 Å². The van der Waals surface area contributed by atoms with Crippen molar-refractivity contribution in [2.75, 3.05) is 0 Å². The molecule has 1 aromatic heterocycles. The van der Waals surface area contributed by atoms with Crippen LogP contribution in [0.5, 0.6) is 0 Å². The molecule has 5 aliphatic rings. The quantitative estimate of drug-likeness (QED) is 0.426. The molecule has 0 spiro atoms. The zero-order valence-electron chi connectivity index (χ0n) is 24.0. The molecule has 6 rings (SSSR count). The van der Waals surface area contributed by atoms with Gasteiger partial charge in [-0.15, -0.1) is 0 Å². The maximum absolute atomic E-state index is 14.5. The molecule has 0 radical (unpaired) electrons. The van der Waals surface area contributed by atoms with Crippen LogP contribution in [0.1, 0.15) is 98.2 Å². The molecule has 6 heteroatoms. The van der Waals surface area contributed by atoms with E-state index in [-0.39, 0.29) is 62.5 Å². The van der Waals surface area contributed by atoms with E-state index in [4.69, 9.17) is 9.51 Å². The summed E-state index contributed by atoms with van der Waals surface area (Å²) in [6.45, 7) is 15.4. The maximum Gasteiger partial charge on any atom is 0.233 e. The third kappa shape index (κ3) is 3.05. The van der Waals surface area contributed by atoms with Crippen molar-refractivity contribution in [1.29, 1.82) is 5.26 Å². The molecule has 6 nitrogen and oxygen atoms in total. The van der Waals surface area contributed by atoms with Crippen LogP contribution in [0.4, 0.5) is 0 Å². The number of rotatable bonds is 1. The number of carbonyl (C=O) groups excluding carboxylic acids is 2. The number of Topliss-reactive ketones (excluding diaryl/α,β-unsaturated/α-hetero) is 1. The molecule has 1 aromatic rings. The molecule has 0 bridgehead atoms. The van der Waals surface area contributed by atoms with Gasteiger partial charge in [-0.05, 0) is 86.0 Å². The third-order valence-corrected chi connectivity index (χ3v) is 12.5. The van der Waals surface area contributed by atoms with Crippen LogP contribution in [0.2, 0.25) is 0 Å². The first-order chi connectivity index (χ1) is 17.7. The molecule has 0 aliphatic heterocycles. The first kappa shape index (κ1) is 25.7. The minimum Gasteiger partial charge on any atom is -0.339 e. The number of aryl methyl sites for hydroxylation is 1.